The average Bonchev–Trinajstić information content (AvgIpc) is 3.63. The summed E-state index contributed by atoms with van der Waals surface area (Å²) in [5.74, 6) is -0.0292. The van der Waals surface area contributed by atoms with Gasteiger partial charge in [0.25, 0.3) is 5.91 Å². The second kappa shape index (κ2) is 11.4. The lowest BCUT2D eigenvalue weighted by atomic mass is 9.99. The maximum absolute atomic E-state index is 13.1. The summed E-state index contributed by atoms with van der Waals surface area (Å²) in [7, 11) is 0. The molecule has 1 aliphatic rings. The zero-order valence-electron chi connectivity index (χ0n) is 22.7. The molecule has 200 valence electrons. The van der Waals surface area contributed by atoms with Gasteiger partial charge in [0.15, 0.2) is 5.78 Å². The molecule has 39 heavy (non-hydrogen) atoms. The smallest absolute Gasteiger partial charge is 0.256 e. The molecule has 9 heteroatoms. The fourth-order valence-corrected chi connectivity index (χ4v) is 5.82. The van der Waals surface area contributed by atoms with Crippen LogP contribution in [-0.4, -0.2) is 56.2 Å². The minimum absolute atomic E-state index is 0.138. The number of aromatic amines is 1. The molecule has 2 N–H and O–H groups in total. The number of carbonyl (C=O) groups excluding carboxylic acids is 2. The fourth-order valence-electron chi connectivity index (χ4n) is 5.03. The number of amides is 1. The summed E-state index contributed by atoms with van der Waals surface area (Å²) in [5, 5.41) is 5.73. The number of hydrogen-bond acceptors (Lipinski definition) is 7. The summed E-state index contributed by atoms with van der Waals surface area (Å²) in [4.78, 5) is 45.0. The molecule has 0 unspecified atom stereocenters. The van der Waals surface area contributed by atoms with Gasteiger partial charge in [-0.1, -0.05) is 19.9 Å². The van der Waals surface area contributed by atoms with E-state index in [0.717, 1.165) is 81.8 Å². The van der Waals surface area contributed by atoms with E-state index in [1.54, 1.807) is 18.6 Å². The maximum Gasteiger partial charge on any atom is 0.256 e. The molecule has 0 fully saturated rings. The molecule has 5 rings (SSSR count). The third-order valence-corrected chi connectivity index (χ3v) is 8.07. The first kappa shape index (κ1) is 26.6. The van der Waals surface area contributed by atoms with Gasteiger partial charge in [0.05, 0.1) is 17.5 Å². The van der Waals surface area contributed by atoms with Crippen LogP contribution in [0.3, 0.4) is 0 Å². The van der Waals surface area contributed by atoms with Gasteiger partial charge in [-0.05, 0) is 63.7 Å². The SMILES string of the molecule is CCN(CC)CCCC(=O)c1c(C)[nH]c(/C=C2\C(=O)Nc3ccc(-c4csc(-c5cnccn5)n4)cc32)c1C. The third kappa shape index (κ3) is 5.46. The lowest BCUT2D eigenvalue weighted by Gasteiger charge is -2.17. The number of Topliss-reactive ketones (excluding diaryl/α,β-unsaturated/α-hetero) is 1. The molecule has 0 atom stereocenters. The standard InChI is InChI=1S/C30H32N6O2S/c1-5-36(6-2)13-7-8-27(37)28-18(3)24(33-19(28)4)15-22-21-14-20(9-10-23(21)34-29(22)38)26-17-39-30(35-26)25-16-31-11-12-32-25/h9-12,14-17,33H,5-8,13H2,1-4H3,(H,34,38)/b22-15-. The molecule has 3 aromatic heterocycles. The number of aryl methyl sites for hydroxylation is 1. The van der Waals surface area contributed by atoms with Crippen LogP contribution in [0.4, 0.5) is 5.69 Å². The highest BCUT2D eigenvalue weighted by molar-refractivity contribution is 7.13. The Morgan fingerprint density at radius 1 is 1.13 bits per heavy atom. The number of nitrogens with zero attached hydrogens (tertiary/aromatic N) is 4. The van der Waals surface area contributed by atoms with Gasteiger partial charge in [0, 0.05) is 58.0 Å². The minimum Gasteiger partial charge on any atom is -0.358 e. The van der Waals surface area contributed by atoms with E-state index >= 15 is 0 Å². The number of aromatic nitrogens is 4. The normalized spacial score (nSPS) is 13.8. The second-order valence-corrected chi connectivity index (χ2v) is 10.5. The third-order valence-electron chi connectivity index (χ3n) is 7.20. The van der Waals surface area contributed by atoms with E-state index in [4.69, 9.17) is 4.98 Å². The highest BCUT2D eigenvalue weighted by atomic mass is 32.1. The van der Waals surface area contributed by atoms with Crippen molar-refractivity contribution in [1.82, 2.24) is 24.8 Å². The Morgan fingerprint density at radius 3 is 2.69 bits per heavy atom. The number of nitrogens with one attached hydrogen (secondary N) is 2. The molecule has 8 nitrogen and oxygen atoms in total. The maximum atomic E-state index is 13.1. The van der Waals surface area contributed by atoms with E-state index in [0.29, 0.717) is 12.0 Å². The zero-order valence-corrected chi connectivity index (χ0v) is 23.5. The summed E-state index contributed by atoms with van der Waals surface area (Å²) in [6.45, 7) is 11.0. The molecular weight excluding hydrogens is 508 g/mol. The molecule has 0 saturated heterocycles. The lowest BCUT2D eigenvalue weighted by molar-refractivity contribution is -0.110. The number of carbonyl (C=O) groups is 2. The van der Waals surface area contributed by atoms with E-state index in [9.17, 15) is 9.59 Å². The Morgan fingerprint density at radius 2 is 1.95 bits per heavy atom. The second-order valence-electron chi connectivity index (χ2n) is 9.62. The number of ketones is 1. The van der Waals surface area contributed by atoms with Crippen LogP contribution < -0.4 is 5.32 Å². The van der Waals surface area contributed by atoms with Crippen molar-refractivity contribution in [3.63, 3.8) is 0 Å². The van der Waals surface area contributed by atoms with Gasteiger partial charge >= 0.3 is 0 Å². The molecule has 4 heterocycles. The van der Waals surface area contributed by atoms with Gasteiger partial charge in [-0.3, -0.25) is 19.6 Å². The van der Waals surface area contributed by atoms with Crippen molar-refractivity contribution in [2.45, 2.75) is 40.5 Å². The van der Waals surface area contributed by atoms with E-state index < -0.39 is 0 Å². The molecule has 0 spiro atoms. The van der Waals surface area contributed by atoms with Crippen LogP contribution in [0.1, 0.15) is 59.6 Å². The first-order valence-corrected chi connectivity index (χ1v) is 14.1. The molecule has 4 aromatic rings. The number of hydrogen-bond donors (Lipinski definition) is 2. The molecular formula is C30H32N6O2S. The van der Waals surface area contributed by atoms with Crippen molar-refractivity contribution in [3.8, 4) is 22.0 Å². The zero-order chi connectivity index (χ0) is 27.5. The topological polar surface area (TPSA) is 104 Å². The number of benzene rings is 1. The van der Waals surface area contributed by atoms with Gasteiger partial charge in [0.2, 0.25) is 0 Å². The van der Waals surface area contributed by atoms with E-state index in [-0.39, 0.29) is 11.7 Å². The van der Waals surface area contributed by atoms with Gasteiger partial charge in [-0.25, -0.2) is 4.98 Å². The van der Waals surface area contributed by atoms with Crippen molar-refractivity contribution in [2.75, 3.05) is 25.0 Å². The van der Waals surface area contributed by atoms with Gasteiger partial charge in [-0.2, -0.15) is 0 Å². The van der Waals surface area contributed by atoms with Crippen molar-refractivity contribution in [1.29, 1.82) is 0 Å². The first-order valence-electron chi connectivity index (χ1n) is 13.2. The Kier molecular flexibility index (Phi) is 7.81. The summed E-state index contributed by atoms with van der Waals surface area (Å²) < 4.78 is 0. The highest BCUT2D eigenvalue weighted by Gasteiger charge is 2.26. The molecule has 0 aliphatic carbocycles. The van der Waals surface area contributed by atoms with Gasteiger partial charge in [0.1, 0.15) is 10.7 Å². The Balaban J connectivity index is 1.41. The number of fused-ring (bicyclic) bond motifs is 1. The van der Waals surface area contributed by atoms with Crippen LogP contribution in [-0.2, 0) is 4.79 Å². The molecule has 0 radical (unpaired) electrons. The van der Waals surface area contributed by atoms with E-state index in [1.807, 2.05) is 43.5 Å². The highest BCUT2D eigenvalue weighted by Crippen LogP contribution is 2.38. The fraction of sp³-hybridized carbons (Fsp3) is 0.300. The van der Waals surface area contributed by atoms with Crippen LogP contribution >= 0.6 is 11.3 Å². The van der Waals surface area contributed by atoms with Crippen molar-refractivity contribution in [3.05, 3.63) is 70.2 Å². The monoisotopic (exact) mass is 540 g/mol. The number of thiazole rings is 1. The largest absolute Gasteiger partial charge is 0.358 e. The van der Waals surface area contributed by atoms with Crippen LogP contribution in [0.2, 0.25) is 0 Å². The predicted molar refractivity (Wildman–Crippen MR) is 157 cm³/mol. The quantitative estimate of drug-likeness (QED) is 0.189. The molecule has 1 aromatic carbocycles. The van der Waals surface area contributed by atoms with E-state index in [2.05, 4.69) is 39.0 Å². The van der Waals surface area contributed by atoms with Crippen LogP contribution in [0.25, 0.3) is 33.6 Å². The van der Waals surface area contributed by atoms with E-state index in [1.165, 1.54) is 11.3 Å². The Labute approximate surface area is 232 Å². The molecule has 0 saturated carbocycles. The Hall–Kier alpha value is -3.95. The van der Waals surface area contributed by atoms with Crippen LogP contribution in [0.15, 0.2) is 42.2 Å². The molecule has 1 aliphatic heterocycles. The lowest BCUT2D eigenvalue weighted by Crippen LogP contribution is -2.24. The van der Waals surface area contributed by atoms with Gasteiger partial charge in [-0.15, -0.1) is 11.3 Å². The predicted octanol–water partition coefficient (Wildman–Crippen LogP) is 6.01. The van der Waals surface area contributed by atoms with Crippen molar-refractivity contribution >= 4 is 40.4 Å². The molecule has 1 amide bonds. The number of anilines is 1. The van der Waals surface area contributed by atoms with Gasteiger partial charge < -0.3 is 15.2 Å². The minimum atomic E-state index is -0.167. The average molecular weight is 541 g/mol. The number of rotatable bonds is 10. The van der Waals surface area contributed by atoms with Crippen LogP contribution in [0.5, 0.6) is 0 Å². The summed E-state index contributed by atoms with van der Waals surface area (Å²) >= 11 is 1.50. The number of H-pyrrole nitrogens is 1. The Bertz CT molecular complexity index is 1550. The summed E-state index contributed by atoms with van der Waals surface area (Å²) in [6, 6.07) is 5.85. The van der Waals surface area contributed by atoms with Crippen molar-refractivity contribution in [2.24, 2.45) is 0 Å². The first-order chi connectivity index (χ1) is 18.9. The van der Waals surface area contributed by atoms with Crippen molar-refractivity contribution < 1.29 is 9.59 Å². The summed E-state index contributed by atoms with van der Waals surface area (Å²) in [5.41, 5.74) is 7.78. The molecule has 0 bridgehead atoms. The van der Waals surface area contributed by atoms with Crippen LogP contribution in [0, 0.1) is 13.8 Å². The summed E-state index contributed by atoms with van der Waals surface area (Å²) in [6.07, 6.45) is 8.16.